The van der Waals surface area contributed by atoms with Crippen molar-refractivity contribution >= 4 is 17.7 Å². The lowest BCUT2D eigenvalue weighted by atomic mass is 10.1. The molecule has 0 saturated heterocycles. The van der Waals surface area contributed by atoms with Crippen LogP contribution in [-0.4, -0.2) is 73.3 Å². The van der Waals surface area contributed by atoms with E-state index in [4.69, 9.17) is 9.47 Å². The van der Waals surface area contributed by atoms with Gasteiger partial charge in [-0.15, -0.1) is 0 Å². The second kappa shape index (κ2) is 14.5. The van der Waals surface area contributed by atoms with Gasteiger partial charge in [-0.3, -0.25) is 0 Å². The van der Waals surface area contributed by atoms with Crippen LogP contribution in [0.15, 0.2) is 54.6 Å². The molecule has 0 aromatic heterocycles. The highest BCUT2D eigenvalue weighted by Crippen LogP contribution is 2.36. The van der Waals surface area contributed by atoms with Crippen LogP contribution in [0.5, 0.6) is 5.75 Å². The number of aliphatic carboxylic acids is 1. The molecule has 0 saturated carbocycles. The van der Waals surface area contributed by atoms with E-state index in [9.17, 15) is 36.6 Å². The second-order valence-corrected chi connectivity index (χ2v) is 7.98. The summed E-state index contributed by atoms with van der Waals surface area (Å²) in [7, 11) is 0. The van der Waals surface area contributed by atoms with E-state index >= 15 is 0 Å². The van der Waals surface area contributed by atoms with Gasteiger partial charge in [0, 0.05) is 25.3 Å². The Morgan fingerprint density at radius 2 is 1.63 bits per heavy atom. The number of carbonyl (C=O) groups is 2. The van der Waals surface area contributed by atoms with E-state index in [2.05, 4.69) is 10.1 Å². The van der Waals surface area contributed by atoms with Crippen molar-refractivity contribution < 1.29 is 50.9 Å². The minimum absolute atomic E-state index is 0.0124. The Hall–Kier alpha value is -3.45. The van der Waals surface area contributed by atoms with E-state index in [-0.39, 0.29) is 39.1 Å². The van der Waals surface area contributed by atoms with Crippen LogP contribution in [0.1, 0.15) is 18.9 Å². The van der Waals surface area contributed by atoms with Gasteiger partial charge < -0.3 is 29.5 Å². The molecular weight excluding hydrogens is 519 g/mol. The molecule has 0 aliphatic carbocycles. The number of nitrogens with one attached hydrogen (secondary N) is 1. The van der Waals surface area contributed by atoms with Gasteiger partial charge in [-0.05, 0) is 43.2 Å². The summed E-state index contributed by atoms with van der Waals surface area (Å²) in [6, 6.07) is 14.3. The molecule has 2 aromatic rings. The molecule has 38 heavy (non-hydrogen) atoms. The summed E-state index contributed by atoms with van der Waals surface area (Å²) in [5, 5.41) is 11.8. The fourth-order valence-electron chi connectivity index (χ4n) is 3.20. The number of rotatable bonds is 15. The van der Waals surface area contributed by atoms with Crippen molar-refractivity contribution in [3.05, 3.63) is 60.2 Å². The lowest BCUT2D eigenvalue weighted by molar-refractivity contribution is -0.391. The Kier molecular flexibility index (Phi) is 11.7. The fraction of sp³-hybridized carbons (Fsp3) is 0.440. The van der Waals surface area contributed by atoms with Crippen molar-refractivity contribution in [3.8, 4) is 5.75 Å². The third-order valence-corrected chi connectivity index (χ3v) is 5.12. The van der Waals surface area contributed by atoms with Gasteiger partial charge in [-0.2, -0.15) is 22.0 Å². The van der Waals surface area contributed by atoms with Gasteiger partial charge in [-0.25, -0.2) is 9.59 Å². The van der Waals surface area contributed by atoms with Crippen molar-refractivity contribution in [1.29, 1.82) is 0 Å². The van der Waals surface area contributed by atoms with E-state index < -0.39 is 37.0 Å². The van der Waals surface area contributed by atoms with Crippen LogP contribution in [0, 0.1) is 0 Å². The Bertz CT molecular complexity index is 1010. The highest BCUT2D eigenvalue weighted by Gasteiger charge is 2.59. The van der Waals surface area contributed by atoms with Gasteiger partial charge >= 0.3 is 24.3 Å². The number of alkyl halides is 5. The number of amides is 2. The highest BCUT2D eigenvalue weighted by atomic mass is 19.4. The molecular formula is C25H29F5N2O6. The van der Waals surface area contributed by atoms with Crippen LogP contribution < -0.4 is 10.1 Å². The van der Waals surface area contributed by atoms with Gasteiger partial charge in [-0.1, -0.05) is 30.3 Å². The predicted octanol–water partition coefficient (Wildman–Crippen LogP) is 5.19. The minimum atomic E-state index is -5.83. The van der Waals surface area contributed by atoms with Crippen molar-refractivity contribution in [2.45, 2.75) is 38.2 Å². The van der Waals surface area contributed by atoms with Crippen molar-refractivity contribution in [2.24, 2.45) is 0 Å². The number of benzene rings is 2. The third-order valence-electron chi connectivity index (χ3n) is 5.12. The smallest absolute Gasteiger partial charge is 0.482 e. The second-order valence-electron chi connectivity index (χ2n) is 7.98. The van der Waals surface area contributed by atoms with Crippen molar-refractivity contribution in [2.75, 3.05) is 38.2 Å². The summed E-state index contributed by atoms with van der Waals surface area (Å²) in [6.07, 6.45) is -12.2. The number of nitrogens with zero attached hydrogens (tertiary/aromatic N) is 1. The molecule has 1 atom stereocenters. The molecule has 0 aliphatic rings. The average molecular weight is 549 g/mol. The summed E-state index contributed by atoms with van der Waals surface area (Å²) in [4.78, 5) is 25.1. The van der Waals surface area contributed by atoms with E-state index in [1.165, 1.54) is 4.90 Å². The predicted molar refractivity (Wildman–Crippen MR) is 127 cm³/mol. The maximum absolute atomic E-state index is 13.0. The van der Waals surface area contributed by atoms with Crippen LogP contribution in [-0.2, 0) is 20.7 Å². The van der Waals surface area contributed by atoms with Crippen LogP contribution in [0.3, 0.4) is 0 Å². The van der Waals surface area contributed by atoms with E-state index in [0.29, 0.717) is 17.0 Å². The molecule has 2 rings (SSSR count). The van der Waals surface area contributed by atoms with E-state index in [0.717, 1.165) is 0 Å². The van der Waals surface area contributed by atoms with Crippen LogP contribution in [0.25, 0.3) is 0 Å². The summed E-state index contributed by atoms with van der Waals surface area (Å²) in [5.74, 6) is -0.651. The van der Waals surface area contributed by atoms with Crippen molar-refractivity contribution in [3.63, 3.8) is 0 Å². The van der Waals surface area contributed by atoms with Crippen LogP contribution >= 0.6 is 0 Å². The molecule has 0 radical (unpaired) electrons. The molecule has 0 bridgehead atoms. The van der Waals surface area contributed by atoms with Crippen molar-refractivity contribution in [1.82, 2.24) is 4.90 Å². The van der Waals surface area contributed by atoms with Crippen LogP contribution in [0.2, 0.25) is 0 Å². The van der Waals surface area contributed by atoms with Gasteiger partial charge in [0.25, 0.3) is 0 Å². The standard InChI is InChI=1S/C25H29F5N2O6/c1-2-36-21(22(33)34)17-18-9-11-20(12-10-18)37-16-14-32(23(35)31-19-7-4-3-5-8-19)13-6-15-38-25(29,30)24(26,27)28/h3-5,7-12,21H,2,6,13-17H2,1H3,(H,31,35)(H,33,34). The monoisotopic (exact) mass is 548 g/mol. The first-order valence-electron chi connectivity index (χ1n) is 11.7. The molecule has 8 nitrogen and oxygen atoms in total. The Morgan fingerprint density at radius 1 is 0.974 bits per heavy atom. The van der Waals surface area contributed by atoms with Gasteiger partial charge in [0.05, 0.1) is 13.2 Å². The number of ether oxygens (including phenoxy) is 3. The lowest BCUT2D eigenvalue weighted by Crippen LogP contribution is -2.41. The normalized spacial score (nSPS) is 12.6. The summed E-state index contributed by atoms with van der Waals surface area (Å²) < 4.78 is 77.3. The Balaban J connectivity index is 1.93. The van der Waals surface area contributed by atoms with Gasteiger partial charge in [0.15, 0.2) is 6.10 Å². The highest BCUT2D eigenvalue weighted by molar-refractivity contribution is 5.89. The first-order valence-corrected chi connectivity index (χ1v) is 11.7. The SMILES string of the molecule is CCOC(Cc1ccc(OCCN(CCCOC(F)(F)C(F)(F)F)C(=O)Nc2ccccc2)cc1)C(=O)O. The third kappa shape index (κ3) is 10.1. The summed E-state index contributed by atoms with van der Waals surface area (Å²) in [5.41, 5.74) is 1.17. The quantitative estimate of drug-likeness (QED) is 0.235. The molecule has 2 aromatic carbocycles. The van der Waals surface area contributed by atoms with Crippen LogP contribution in [0.4, 0.5) is 32.4 Å². The lowest BCUT2D eigenvalue weighted by Gasteiger charge is -2.24. The Morgan fingerprint density at radius 3 is 2.21 bits per heavy atom. The molecule has 210 valence electrons. The average Bonchev–Trinajstić information content (AvgIpc) is 2.86. The van der Waals surface area contributed by atoms with Gasteiger partial charge in [0.2, 0.25) is 0 Å². The maximum Gasteiger partial charge on any atom is 0.482 e. The molecule has 2 N–H and O–H groups in total. The minimum Gasteiger partial charge on any atom is -0.492 e. The molecule has 0 fully saturated rings. The molecule has 2 amide bonds. The van der Waals surface area contributed by atoms with E-state index in [1.807, 2.05) is 0 Å². The topological polar surface area (TPSA) is 97.3 Å². The zero-order chi connectivity index (χ0) is 28.2. The number of anilines is 1. The summed E-state index contributed by atoms with van der Waals surface area (Å²) in [6.45, 7) is 0.815. The largest absolute Gasteiger partial charge is 0.492 e. The van der Waals surface area contributed by atoms with Gasteiger partial charge in [0.1, 0.15) is 12.4 Å². The first-order chi connectivity index (χ1) is 17.9. The molecule has 0 heterocycles. The number of halogens is 5. The number of carbonyl (C=O) groups excluding carboxylic acids is 1. The number of carboxylic acids is 1. The number of hydrogen-bond acceptors (Lipinski definition) is 5. The fourth-order valence-corrected chi connectivity index (χ4v) is 3.20. The molecule has 13 heteroatoms. The zero-order valence-corrected chi connectivity index (χ0v) is 20.5. The zero-order valence-electron chi connectivity index (χ0n) is 20.5. The molecule has 0 spiro atoms. The molecule has 1 unspecified atom stereocenters. The van der Waals surface area contributed by atoms with E-state index in [1.54, 1.807) is 61.5 Å². The number of hydrogen-bond donors (Lipinski definition) is 2. The first kappa shape index (κ1) is 30.8. The number of para-hydroxylation sites is 1. The molecule has 0 aliphatic heterocycles. The summed E-state index contributed by atoms with van der Waals surface area (Å²) >= 11 is 0. The number of carboxylic acid groups (broad SMARTS) is 1. The maximum atomic E-state index is 13.0. The number of urea groups is 1. The Labute approximate surface area is 216 Å².